The smallest absolute Gasteiger partial charge is 0.0651 e. The van der Waals surface area contributed by atoms with Gasteiger partial charge in [0, 0.05) is 0 Å². The molecule has 0 aliphatic heterocycles. The maximum atomic E-state index is 4.36. The van der Waals surface area contributed by atoms with Crippen molar-refractivity contribution in [3.05, 3.63) is 60.2 Å². The number of likely N-dealkylation sites (N-methyl/N-ethyl adjacent to an activating group) is 1. The van der Waals surface area contributed by atoms with Crippen molar-refractivity contribution in [3.8, 4) is 0 Å². The van der Waals surface area contributed by atoms with Crippen LogP contribution in [0.3, 0.4) is 0 Å². The molecule has 98 valence electrons. The van der Waals surface area contributed by atoms with Crippen LogP contribution in [0.15, 0.2) is 54.6 Å². The summed E-state index contributed by atoms with van der Waals surface area (Å²) in [6, 6.07) is 15.3. The first-order valence-corrected chi connectivity index (χ1v) is 7.13. The lowest BCUT2D eigenvalue weighted by Gasteiger charge is -2.40. The van der Waals surface area contributed by atoms with Crippen LogP contribution in [-0.4, -0.2) is 7.05 Å². The Morgan fingerprint density at radius 1 is 1.05 bits per heavy atom. The third-order valence-corrected chi connectivity index (χ3v) is 4.56. The predicted octanol–water partition coefficient (Wildman–Crippen LogP) is 4.38. The summed E-state index contributed by atoms with van der Waals surface area (Å²) in [4.78, 5) is 0. The van der Waals surface area contributed by atoms with Gasteiger partial charge in [0.1, 0.15) is 0 Å². The largest absolute Gasteiger partial charge is 0.307 e. The maximum absolute atomic E-state index is 4.36. The van der Waals surface area contributed by atoms with E-state index in [1.807, 2.05) is 0 Å². The third-order valence-electron chi connectivity index (χ3n) is 4.56. The molecule has 0 radical (unpaired) electrons. The fourth-order valence-corrected chi connectivity index (χ4v) is 3.48. The van der Waals surface area contributed by atoms with Crippen LogP contribution in [0.1, 0.15) is 31.2 Å². The van der Waals surface area contributed by atoms with Crippen molar-refractivity contribution in [3.63, 3.8) is 0 Å². The van der Waals surface area contributed by atoms with E-state index in [1.54, 1.807) is 0 Å². The van der Waals surface area contributed by atoms with Crippen molar-refractivity contribution >= 4 is 10.8 Å². The summed E-state index contributed by atoms with van der Waals surface area (Å²) in [5.41, 5.74) is 2.68. The molecule has 0 amide bonds. The van der Waals surface area contributed by atoms with Gasteiger partial charge < -0.3 is 5.32 Å². The standard InChI is InChI=1S/C18H21N/c1-14-8-5-6-13-18(14,19-2)17-12-7-10-15-9-3-4-11-16(15)17/h3-4,7,9-12,19H,1,5-6,8,13H2,2H3. The Bertz CT molecular complexity index is 609. The van der Waals surface area contributed by atoms with Gasteiger partial charge in [-0.25, -0.2) is 0 Å². The first kappa shape index (κ1) is 12.4. The summed E-state index contributed by atoms with van der Waals surface area (Å²) in [7, 11) is 2.07. The topological polar surface area (TPSA) is 12.0 Å². The minimum absolute atomic E-state index is 0.0425. The second-order valence-electron chi connectivity index (χ2n) is 5.49. The molecule has 19 heavy (non-hydrogen) atoms. The van der Waals surface area contributed by atoms with Gasteiger partial charge in [0.15, 0.2) is 0 Å². The molecule has 3 rings (SSSR count). The average molecular weight is 251 g/mol. The zero-order chi connectivity index (χ0) is 13.3. The van der Waals surface area contributed by atoms with Crippen LogP contribution in [0, 0.1) is 0 Å². The lowest BCUT2D eigenvalue weighted by molar-refractivity contribution is 0.337. The van der Waals surface area contributed by atoms with Gasteiger partial charge in [0.25, 0.3) is 0 Å². The highest BCUT2D eigenvalue weighted by Crippen LogP contribution is 2.42. The lowest BCUT2D eigenvalue weighted by atomic mass is 9.72. The summed E-state index contributed by atoms with van der Waals surface area (Å²) in [6.45, 7) is 4.36. The summed E-state index contributed by atoms with van der Waals surface area (Å²) < 4.78 is 0. The van der Waals surface area contributed by atoms with E-state index in [9.17, 15) is 0 Å². The normalized spacial score (nSPS) is 23.7. The molecule has 1 nitrogen and oxygen atoms in total. The second-order valence-corrected chi connectivity index (χ2v) is 5.49. The number of rotatable bonds is 2. The Morgan fingerprint density at radius 3 is 2.63 bits per heavy atom. The Morgan fingerprint density at radius 2 is 1.84 bits per heavy atom. The van der Waals surface area contributed by atoms with E-state index in [4.69, 9.17) is 0 Å². The van der Waals surface area contributed by atoms with Crippen LogP contribution >= 0.6 is 0 Å². The van der Waals surface area contributed by atoms with Gasteiger partial charge in [0.2, 0.25) is 0 Å². The molecule has 1 saturated carbocycles. The van der Waals surface area contributed by atoms with E-state index in [0.717, 1.165) is 12.8 Å². The fraction of sp³-hybridized carbons (Fsp3) is 0.333. The van der Waals surface area contributed by atoms with Crippen molar-refractivity contribution in [2.45, 2.75) is 31.2 Å². The van der Waals surface area contributed by atoms with Crippen molar-refractivity contribution in [2.24, 2.45) is 0 Å². The molecule has 2 aromatic carbocycles. The monoisotopic (exact) mass is 251 g/mol. The minimum atomic E-state index is -0.0425. The molecule has 1 unspecified atom stereocenters. The molecule has 0 heterocycles. The van der Waals surface area contributed by atoms with Crippen LogP contribution in [0.5, 0.6) is 0 Å². The van der Waals surface area contributed by atoms with Crippen molar-refractivity contribution < 1.29 is 0 Å². The summed E-state index contributed by atoms with van der Waals surface area (Å²) >= 11 is 0. The van der Waals surface area contributed by atoms with E-state index >= 15 is 0 Å². The van der Waals surface area contributed by atoms with E-state index in [0.29, 0.717) is 0 Å². The molecule has 1 aliphatic carbocycles. The fourth-order valence-electron chi connectivity index (χ4n) is 3.48. The van der Waals surface area contributed by atoms with E-state index < -0.39 is 0 Å². The Kier molecular flexibility index (Phi) is 3.16. The van der Waals surface area contributed by atoms with Gasteiger partial charge >= 0.3 is 0 Å². The summed E-state index contributed by atoms with van der Waals surface area (Å²) in [6.07, 6.45) is 4.82. The molecule has 2 aromatic rings. The highest BCUT2D eigenvalue weighted by Gasteiger charge is 2.36. The van der Waals surface area contributed by atoms with Gasteiger partial charge in [-0.3, -0.25) is 0 Å². The zero-order valence-corrected chi connectivity index (χ0v) is 11.6. The second kappa shape index (κ2) is 4.82. The quantitative estimate of drug-likeness (QED) is 0.781. The molecule has 0 spiro atoms. The van der Waals surface area contributed by atoms with Crippen LogP contribution in [0.25, 0.3) is 10.8 Å². The van der Waals surface area contributed by atoms with Crippen molar-refractivity contribution in [1.29, 1.82) is 0 Å². The van der Waals surface area contributed by atoms with Crippen LogP contribution < -0.4 is 5.32 Å². The van der Waals surface area contributed by atoms with Gasteiger partial charge in [-0.15, -0.1) is 0 Å². The SMILES string of the molecule is C=C1CCCCC1(NC)c1cccc2ccccc12. The highest BCUT2D eigenvalue weighted by molar-refractivity contribution is 5.87. The Balaban J connectivity index is 2.24. The number of hydrogen-bond donors (Lipinski definition) is 1. The molecule has 0 aromatic heterocycles. The van der Waals surface area contributed by atoms with Crippen LogP contribution in [-0.2, 0) is 5.54 Å². The number of nitrogens with one attached hydrogen (secondary N) is 1. The number of hydrogen-bond acceptors (Lipinski definition) is 1. The minimum Gasteiger partial charge on any atom is -0.307 e. The Hall–Kier alpha value is -1.60. The Labute approximate surface area is 115 Å². The summed E-state index contributed by atoms with van der Waals surface area (Å²) in [5.74, 6) is 0. The van der Waals surface area contributed by atoms with Gasteiger partial charge in [-0.2, -0.15) is 0 Å². The molecule has 1 N–H and O–H groups in total. The van der Waals surface area contributed by atoms with Crippen molar-refractivity contribution in [2.75, 3.05) is 7.05 Å². The van der Waals surface area contributed by atoms with Crippen molar-refractivity contribution in [1.82, 2.24) is 5.32 Å². The third kappa shape index (κ3) is 1.89. The van der Waals surface area contributed by atoms with E-state index in [1.165, 1.54) is 34.8 Å². The highest BCUT2D eigenvalue weighted by atomic mass is 14.9. The number of benzene rings is 2. The molecular formula is C18H21N. The molecule has 1 heteroatoms. The van der Waals surface area contributed by atoms with Gasteiger partial charge in [-0.05, 0) is 42.6 Å². The average Bonchev–Trinajstić information content (AvgIpc) is 2.48. The molecule has 0 bridgehead atoms. The molecule has 0 saturated heterocycles. The summed E-state index contributed by atoms with van der Waals surface area (Å²) in [5, 5.41) is 6.24. The molecule has 1 atom stereocenters. The molecule has 1 fully saturated rings. The first-order chi connectivity index (χ1) is 9.28. The maximum Gasteiger partial charge on any atom is 0.0651 e. The van der Waals surface area contributed by atoms with Gasteiger partial charge in [0.05, 0.1) is 5.54 Å². The molecule has 1 aliphatic rings. The molecular weight excluding hydrogens is 230 g/mol. The predicted molar refractivity (Wildman–Crippen MR) is 82.3 cm³/mol. The van der Waals surface area contributed by atoms with Crippen LogP contribution in [0.4, 0.5) is 0 Å². The lowest BCUT2D eigenvalue weighted by Crippen LogP contribution is -2.43. The van der Waals surface area contributed by atoms with Crippen LogP contribution in [0.2, 0.25) is 0 Å². The van der Waals surface area contributed by atoms with Gasteiger partial charge in [-0.1, -0.05) is 61.0 Å². The number of fused-ring (bicyclic) bond motifs is 1. The van der Waals surface area contributed by atoms with E-state index in [-0.39, 0.29) is 5.54 Å². The zero-order valence-electron chi connectivity index (χ0n) is 11.6. The first-order valence-electron chi connectivity index (χ1n) is 7.13. The van der Waals surface area contributed by atoms with E-state index in [2.05, 4.69) is 61.4 Å².